The van der Waals surface area contributed by atoms with Gasteiger partial charge in [0.25, 0.3) is 23.6 Å². The Kier molecular flexibility index (Phi) is 9.90. The number of rotatable bonds is 9. The summed E-state index contributed by atoms with van der Waals surface area (Å²) < 4.78 is 12.4. The van der Waals surface area contributed by atoms with Crippen molar-refractivity contribution in [2.45, 2.75) is 103 Å². The summed E-state index contributed by atoms with van der Waals surface area (Å²) in [5.41, 5.74) is 8.08. The van der Waals surface area contributed by atoms with E-state index in [0.717, 1.165) is 23.1 Å². The van der Waals surface area contributed by atoms with Crippen molar-refractivity contribution in [3.63, 3.8) is 0 Å². The van der Waals surface area contributed by atoms with Gasteiger partial charge in [-0.25, -0.2) is 4.90 Å². The van der Waals surface area contributed by atoms with Crippen LogP contribution in [0.25, 0.3) is 0 Å². The molecule has 0 bridgehead atoms. The lowest BCUT2D eigenvalue weighted by Gasteiger charge is -2.29. The molecule has 0 aromatic heterocycles. The normalized spacial score (nSPS) is 17.9. The second kappa shape index (κ2) is 14.9. The lowest BCUT2D eigenvalue weighted by molar-refractivity contribution is 0.0507. The van der Waals surface area contributed by atoms with Gasteiger partial charge in [-0.2, -0.15) is 0 Å². The first-order valence-corrected chi connectivity index (χ1v) is 22.1. The lowest BCUT2D eigenvalue weighted by Crippen LogP contribution is -2.45. The van der Waals surface area contributed by atoms with Crippen molar-refractivity contribution >= 4 is 29.3 Å². The second-order valence-electron chi connectivity index (χ2n) is 20.3. The van der Waals surface area contributed by atoms with Gasteiger partial charge < -0.3 is 9.47 Å². The van der Waals surface area contributed by atoms with Crippen LogP contribution in [0.1, 0.15) is 156 Å². The van der Waals surface area contributed by atoms with Crippen LogP contribution in [0.15, 0.2) is 127 Å². The quantitative estimate of drug-likeness (QED) is 0.135. The Morgan fingerprint density at radius 2 is 0.984 bits per heavy atom. The molecule has 8 heteroatoms. The molecular formula is C56H54N2O6. The number of carbonyl (C=O) groups is 4. The first-order chi connectivity index (χ1) is 30.2. The zero-order valence-corrected chi connectivity index (χ0v) is 38.3. The monoisotopic (exact) mass is 850 g/mol. The minimum atomic E-state index is -0.631. The van der Waals surface area contributed by atoms with E-state index in [0.29, 0.717) is 56.9 Å². The maximum atomic E-state index is 13.9. The fourth-order valence-electron chi connectivity index (χ4n) is 10.0. The van der Waals surface area contributed by atoms with Crippen LogP contribution in [0.3, 0.4) is 0 Å². The standard InChI is InChI=1S/C56H54N2O6/c1-33(2)34-11-28-47-48(29-34)54(6,7)32-56(47,10)37-12-18-38(19-13-37)57-49(59)43-26-24-41(30-45(43)50(57)60)63-39-20-14-35(15-21-39)55(8,9)36-16-22-40(23-17-36)64-42-25-27-44-46(31-42)52(62)58(51(44)61)53(3,4)5/h11-31,33H,32H2,1-10H3. The highest BCUT2D eigenvalue weighted by Gasteiger charge is 2.46. The smallest absolute Gasteiger partial charge is 0.266 e. The summed E-state index contributed by atoms with van der Waals surface area (Å²) >= 11 is 0. The second-order valence-corrected chi connectivity index (χ2v) is 20.3. The van der Waals surface area contributed by atoms with Gasteiger partial charge in [0.05, 0.1) is 27.9 Å². The number of benzene rings is 6. The molecule has 3 aliphatic rings. The summed E-state index contributed by atoms with van der Waals surface area (Å²) in [6, 6.07) is 40.5. The number of fused-ring (bicyclic) bond motifs is 3. The molecule has 2 aliphatic heterocycles. The number of imide groups is 2. The van der Waals surface area contributed by atoms with Crippen molar-refractivity contribution < 1.29 is 28.7 Å². The van der Waals surface area contributed by atoms with Crippen LogP contribution < -0.4 is 14.4 Å². The van der Waals surface area contributed by atoms with E-state index in [1.807, 2.05) is 81.4 Å². The summed E-state index contributed by atoms with van der Waals surface area (Å²) in [4.78, 5) is 56.1. The maximum absolute atomic E-state index is 13.9. The van der Waals surface area contributed by atoms with E-state index in [1.165, 1.54) is 26.5 Å². The van der Waals surface area contributed by atoms with Gasteiger partial charge in [-0.3, -0.25) is 24.1 Å². The fraction of sp³-hybridized carbons (Fsp3) is 0.286. The molecule has 1 atom stereocenters. The molecule has 1 aliphatic carbocycles. The summed E-state index contributed by atoms with van der Waals surface area (Å²) in [5, 5.41) is 0. The van der Waals surface area contributed by atoms with Gasteiger partial charge in [0, 0.05) is 16.4 Å². The first kappa shape index (κ1) is 42.5. The Hall–Kier alpha value is -6.80. The summed E-state index contributed by atoms with van der Waals surface area (Å²) in [6.45, 7) is 21.2. The molecule has 0 saturated carbocycles. The zero-order chi connectivity index (χ0) is 45.7. The van der Waals surface area contributed by atoms with Crippen LogP contribution in [0.2, 0.25) is 0 Å². The van der Waals surface area contributed by atoms with E-state index >= 15 is 0 Å². The number of ether oxygens (including phenoxy) is 2. The van der Waals surface area contributed by atoms with E-state index in [4.69, 9.17) is 9.47 Å². The van der Waals surface area contributed by atoms with Crippen molar-refractivity contribution in [3.8, 4) is 23.0 Å². The van der Waals surface area contributed by atoms with Gasteiger partial charge in [-0.1, -0.05) is 103 Å². The van der Waals surface area contributed by atoms with E-state index in [-0.39, 0.29) is 39.9 Å². The van der Waals surface area contributed by atoms with Crippen LogP contribution >= 0.6 is 0 Å². The third-order valence-corrected chi connectivity index (χ3v) is 13.6. The molecule has 1 unspecified atom stereocenters. The topological polar surface area (TPSA) is 93.2 Å². The summed E-state index contributed by atoms with van der Waals surface area (Å²) in [6.07, 6.45) is 0.962. The maximum Gasteiger partial charge on any atom is 0.266 e. The predicted molar refractivity (Wildman–Crippen MR) is 251 cm³/mol. The molecule has 9 rings (SSSR count). The Bertz CT molecular complexity index is 2900. The summed E-state index contributed by atoms with van der Waals surface area (Å²) in [5.74, 6) is 1.25. The number of carbonyl (C=O) groups excluding carboxylic acids is 4. The summed E-state index contributed by atoms with van der Waals surface area (Å²) in [7, 11) is 0. The minimum absolute atomic E-state index is 0.0107. The molecule has 324 valence electrons. The highest BCUT2D eigenvalue weighted by Crippen LogP contribution is 2.53. The molecule has 0 spiro atoms. The molecule has 6 aromatic carbocycles. The number of anilines is 1. The molecule has 0 N–H and O–H groups in total. The van der Waals surface area contributed by atoms with Gasteiger partial charge in [-0.05, 0) is 145 Å². The van der Waals surface area contributed by atoms with Crippen LogP contribution in [-0.4, -0.2) is 34.1 Å². The minimum Gasteiger partial charge on any atom is -0.457 e. The Labute approximate surface area is 375 Å². The molecule has 4 amide bonds. The molecule has 0 fully saturated rings. The highest BCUT2D eigenvalue weighted by molar-refractivity contribution is 6.34. The largest absolute Gasteiger partial charge is 0.457 e. The van der Waals surface area contributed by atoms with Crippen LogP contribution in [0.5, 0.6) is 23.0 Å². The van der Waals surface area contributed by atoms with Gasteiger partial charge in [-0.15, -0.1) is 0 Å². The fourth-order valence-corrected chi connectivity index (χ4v) is 10.0. The molecule has 64 heavy (non-hydrogen) atoms. The Morgan fingerprint density at radius 3 is 1.50 bits per heavy atom. The Balaban J connectivity index is 0.860. The average Bonchev–Trinajstić information content (AvgIpc) is 3.75. The number of nitrogens with zero attached hydrogens (tertiary/aromatic N) is 2. The molecule has 8 nitrogen and oxygen atoms in total. The molecule has 6 aromatic rings. The zero-order valence-electron chi connectivity index (χ0n) is 38.3. The van der Waals surface area contributed by atoms with E-state index in [1.54, 1.807) is 36.4 Å². The van der Waals surface area contributed by atoms with Crippen molar-refractivity contribution in [3.05, 3.63) is 183 Å². The highest BCUT2D eigenvalue weighted by atomic mass is 16.5. The van der Waals surface area contributed by atoms with Crippen LogP contribution in [-0.2, 0) is 16.2 Å². The van der Waals surface area contributed by atoms with Crippen molar-refractivity contribution in [2.24, 2.45) is 0 Å². The van der Waals surface area contributed by atoms with Crippen LogP contribution in [0.4, 0.5) is 5.69 Å². The first-order valence-electron chi connectivity index (χ1n) is 22.1. The van der Waals surface area contributed by atoms with Crippen molar-refractivity contribution in [2.75, 3.05) is 4.90 Å². The van der Waals surface area contributed by atoms with E-state index in [2.05, 4.69) is 78.8 Å². The molecule has 0 radical (unpaired) electrons. The van der Waals surface area contributed by atoms with E-state index < -0.39 is 5.54 Å². The third-order valence-electron chi connectivity index (χ3n) is 13.6. The van der Waals surface area contributed by atoms with E-state index in [9.17, 15) is 19.2 Å². The van der Waals surface area contributed by atoms with Crippen molar-refractivity contribution in [1.29, 1.82) is 0 Å². The van der Waals surface area contributed by atoms with Gasteiger partial charge in [0.1, 0.15) is 23.0 Å². The van der Waals surface area contributed by atoms with Gasteiger partial charge in [0.15, 0.2) is 0 Å². The SMILES string of the molecule is CC(C)c1ccc2c(c1)C(C)(C)CC2(C)c1ccc(N2C(=O)c3ccc(Oc4ccc(C(C)(C)c5ccc(Oc6ccc7c(c6)C(=O)N(C(C)(C)C)C7=O)cc5)cc4)cc3C2=O)cc1. The van der Waals surface area contributed by atoms with Crippen LogP contribution in [0, 0.1) is 0 Å². The van der Waals surface area contributed by atoms with Gasteiger partial charge in [0.2, 0.25) is 0 Å². The van der Waals surface area contributed by atoms with Crippen molar-refractivity contribution in [1.82, 2.24) is 4.90 Å². The lowest BCUT2D eigenvalue weighted by atomic mass is 9.75. The predicted octanol–water partition coefficient (Wildman–Crippen LogP) is 12.9. The Morgan fingerprint density at radius 1 is 0.516 bits per heavy atom. The number of hydrogen-bond donors (Lipinski definition) is 0. The average molecular weight is 851 g/mol. The molecule has 0 saturated heterocycles. The number of hydrogen-bond acceptors (Lipinski definition) is 6. The third kappa shape index (κ3) is 7.00. The molecule has 2 heterocycles. The van der Waals surface area contributed by atoms with Gasteiger partial charge >= 0.3 is 0 Å². The number of amides is 4. The molecular weight excluding hydrogens is 797 g/mol.